The number of carbonyl (C=O) groups excluding carboxylic acids is 2. The second-order valence-corrected chi connectivity index (χ2v) is 6.53. The molecule has 3 N–H and O–H groups in total. The van der Waals surface area contributed by atoms with Crippen LogP contribution in [0.5, 0.6) is 5.75 Å². The molecule has 29 heavy (non-hydrogen) atoms. The minimum atomic E-state index is -0.361. The van der Waals surface area contributed by atoms with Crippen molar-refractivity contribution >= 4 is 23.2 Å². The summed E-state index contributed by atoms with van der Waals surface area (Å²) in [5.74, 6) is -0.394. The first-order valence-corrected chi connectivity index (χ1v) is 9.05. The van der Waals surface area contributed by atoms with Gasteiger partial charge >= 0.3 is 0 Å². The molecule has 0 spiro atoms. The highest BCUT2D eigenvalue weighted by Crippen LogP contribution is 2.14. The maximum atomic E-state index is 12.4. The molecule has 0 aromatic heterocycles. The van der Waals surface area contributed by atoms with E-state index in [4.69, 9.17) is 0 Å². The molecule has 0 fully saturated rings. The topological polar surface area (TPSA) is 90.8 Å². The third kappa shape index (κ3) is 5.07. The van der Waals surface area contributed by atoms with E-state index in [1.807, 2.05) is 25.1 Å². The number of anilines is 1. The van der Waals surface area contributed by atoms with Gasteiger partial charge in [0.1, 0.15) is 5.75 Å². The number of nitrogens with zero attached hydrogens (tertiary/aromatic N) is 1. The number of phenols is 1. The molecule has 3 aromatic rings. The first kappa shape index (κ1) is 19.8. The van der Waals surface area contributed by atoms with Crippen LogP contribution in [0.15, 0.2) is 77.9 Å². The van der Waals surface area contributed by atoms with Crippen molar-refractivity contribution in [1.82, 2.24) is 5.43 Å². The Labute approximate surface area is 168 Å². The molecular formula is C23H21N3O3. The fourth-order valence-corrected chi connectivity index (χ4v) is 2.70. The Morgan fingerprint density at radius 2 is 1.45 bits per heavy atom. The van der Waals surface area contributed by atoms with Crippen molar-refractivity contribution in [2.75, 3.05) is 5.32 Å². The first-order chi connectivity index (χ1) is 13.9. The van der Waals surface area contributed by atoms with E-state index >= 15 is 0 Å². The Morgan fingerprint density at radius 3 is 2.10 bits per heavy atom. The van der Waals surface area contributed by atoms with Crippen molar-refractivity contribution in [2.24, 2.45) is 5.10 Å². The number of amides is 2. The quantitative estimate of drug-likeness (QED) is 0.455. The van der Waals surface area contributed by atoms with Crippen molar-refractivity contribution in [3.63, 3.8) is 0 Å². The van der Waals surface area contributed by atoms with Gasteiger partial charge in [-0.2, -0.15) is 5.10 Å². The van der Waals surface area contributed by atoms with Crippen LogP contribution < -0.4 is 10.7 Å². The number of hydrazone groups is 1. The molecule has 0 radical (unpaired) electrons. The van der Waals surface area contributed by atoms with Crippen LogP contribution in [-0.2, 0) is 0 Å². The Bertz CT molecular complexity index is 1060. The standard InChI is InChI=1S/C23H21N3O3/c1-15-5-3-4-6-21(15)23(29)24-19-11-7-18(8-12-19)22(28)26-25-16(2)17-9-13-20(27)14-10-17/h3-14,27H,1-2H3,(H,24,29)(H,26,28)/b25-16+. The van der Waals surface area contributed by atoms with Crippen LogP contribution in [0.2, 0.25) is 0 Å². The van der Waals surface area contributed by atoms with Crippen molar-refractivity contribution in [3.8, 4) is 5.75 Å². The lowest BCUT2D eigenvalue weighted by Gasteiger charge is -2.08. The van der Waals surface area contributed by atoms with Gasteiger partial charge in [-0.1, -0.05) is 18.2 Å². The minimum absolute atomic E-state index is 0.167. The summed E-state index contributed by atoms with van der Waals surface area (Å²) in [7, 11) is 0. The molecule has 2 amide bonds. The van der Waals surface area contributed by atoms with Crippen LogP contribution in [0.4, 0.5) is 5.69 Å². The summed E-state index contributed by atoms with van der Waals surface area (Å²) in [5, 5.41) is 16.2. The Morgan fingerprint density at radius 1 is 0.828 bits per heavy atom. The summed E-state index contributed by atoms with van der Waals surface area (Å²) in [5.41, 5.74) is 6.42. The lowest BCUT2D eigenvalue weighted by Crippen LogP contribution is -2.19. The fourth-order valence-electron chi connectivity index (χ4n) is 2.70. The summed E-state index contributed by atoms with van der Waals surface area (Å²) in [4.78, 5) is 24.7. The number of hydrogen-bond donors (Lipinski definition) is 3. The van der Waals surface area contributed by atoms with Gasteiger partial charge in [-0.15, -0.1) is 0 Å². The van der Waals surface area contributed by atoms with Crippen LogP contribution in [-0.4, -0.2) is 22.6 Å². The predicted octanol–water partition coefficient (Wildman–Crippen LogP) is 4.11. The van der Waals surface area contributed by atoms with Gasteiger partial charge in [0, 0.05) is 16.8 Å². The van der Waals surface area contributed by atoms with Crippen molar-refractivity contribution in [3.05, 3.63) is 95.1 Å². The van der Waals surface area contributed by atoms with Gasteiger partial charge < -0.3 is 10.4 Å². The highest BCUT2D eigenvalue weighted by Gasteiger charge is 2.10. The molecular weight excluding hydrogens is 366 g/mol. The predicted molar refractivity (Wildman–Crippen MR) is 113 cm³/mol. The SMILES string of the molecule is C/C(=N\NC(=O)c1ccc(NC(=O)c2ccccc2C)cc1)c1ccc(O)cc1. The summed E-state index contributed by atoms with van der Waals surface area (Å²) >= 11 is 0. The molecule has 0 bridgehead atoms. The third-order valence-electron chi connectivity index (χ3n) is 4.40. The van der Waals surface area contributed by atoms with Gasteiger partial charge in [0.2, 0.25) is 0 Å². The van der Waals surface area contributed by atoms with E-state index in [0.717, 1.165) is 11.1 Å². The third-order valence-corrected chi connectivity index (χ3v) is 4.40. The van der Waals surface area contributed by atoms with Gasteiger partial charge in [-0.05, 0) is 79.6 Å². The molecule has 0 heterocycles. The van der Waals surface area contributed by atoms with Gasteiger partial charge in [0.25, 0.3) is 11.8 Å². The van der Waals surface area contributed by atoms with Crippen molar-refractivity contribution in [2.45, 2.75) is 13.8 Å². The average Bonchev–Trinajstić information content (AvgIpc) is 2.73. The smallest absolute Gasteiger partial charge is 0.271 e. The molecule has 3 rings (SSSR count). The Balaban J connectivity index is 1.63. The summed E-state index contributed by atoms with van der Waals surface area (Å²) in [6.07, 6.45) is 0. The summed E-state index contributed by atoms with van der Waals surface area (Å²) in [6.45, 7) is 3.64. The van der Waals surface area contributed by atoms with Crippen LogP contribution in [0.1, 0.15) is 38.8 Å². The second kappa shape index (κ2) is 8.84. The molecule has 146 valence electrons. The molecule has 6 nitrogen and oxygen atoms in total. The van der Waals surface area contributed by atoms with Gasteiger partial charge in [0.05, 0.1) is 5.71 Å². The Kier molecular flexibility index (Phi) is 6.04. The number of rotatable bonds is 5. The summed E-state index contributed by atoms with van der Waals surface area (Å²) in [6, 6.07) is 20.5. The zero-order valence-corrected chi connectivity index (χ0v) is 16.1. The number of carbonyl (C=O) groups is 2. The van der Waals surface area contributed by atoms with Crippen LogP contribution >= 0.6 is 0 Å². The van der Waals surface area contributed by atoms with E-state index in [2.05, 4.69) is 15.8 Å². The molecule has 0 atom stereocenters. The van der Waals surface area contributed by atoms with Gasteiger partial charge in [-0.3, -0.25) is 9.59 Å². The largest absolute Gasteiger partial charge is 0.508 e. The minimum Gasteiger partial charge on any atom is -0.508 e. The highest BCUT2D eigenvalue weighted by molar-refractivity contribution is 6.05. The van der Waals surface area contributed by atoms with E-state index in [-0.39, 0.29) is 17.6 Å². The molecule has 3 aromatic carbocycles. The molecule has 0 unspecified atom stereocenters. The molecule has 6 heteroatoms. The second-order valence-electron chi connectivity index (χ2n) is 6.53. The lowest BCUT2D eigenvalue weighted by atomic mass is 10.1. The highest BCUT2D eigenvalue weighted by atomic mass is 16.3. The fraction of sp³-hybridized carbons (Fsp3) is 0.0870. The number of benzene rings is 3. The number of aromatic hydroxyl groups is 1. The summed E-state index contributed by atoms with van der Waals surface area (Å²) < 4.78 is 0. The average molecular weight is 387 g/mol. The molecule has 0 saturated carbocycles. The normalized spacial score (nSPS) is 11.0. The monoisotopic (exact) mass is 387 g/mol. The van der Waals surface area contributed by atoms with E-state index in [1.54, 1.807) is 61.5 Å². The number of nitrogens with one attached hydrogen (secondary N) is 2. The zero-order valence-electron chi connectivity index (χ0n) is 16.1. The number of hydrogen-bond acceptors (Lipinski definition) is 4. The van der Waals surface area contributed by atoms with E-state index < -0.39 is 0 Å². The Hall–Kier alpha value is -3.93. The maximum absolute atomic E-state index is 12.4. The number of phenolic OH excluding ortho intramolecular Hbond substituents is 1. The van der Waals surface area contributed by atoms with Gasteiger partial charge in [0.15, 0.2) is 0 Å². The molecule has 0 saturated heterocycles. The van der Waals surface area contributed by atoms with E-state index in [1.165, 1.54) is 0 Å². The van der Waals surface area contributed by atoms with Crippen LogP contribution in [0.25, 0.3) is 0 Å². The zero-order chi connectivity index (χ0) is 20.8. The lowest BCUT2D eigenvalue weighted by molar-refractivity contribution is 0.0954. The molecule has 0 aliphatic heterocycles. The molecule has 0 aliphatic carbocycles. The van der Waals surface area contributed by atoms with E-state index in [9.17, 15) is 14.7 Å². The van der Waals surface area contributed by atoms with Gasteiger partial charge in [-0.25, -0.2) is 5.43 Å². The van der Waals surface area contributed by atoms with Crippen LogP contribution in [0, 0.1) is 6.92 Å². The first-order valence-electron chi connectivity index (χ1n) is 9.05. The van der Waals surface area contributed by atoms with Crippen molar-refractivity contribution in [1.29, 1.82) is 0 Å². The number of aryl methyl sites for hydroxylation is 1. The molecule has 0 aliphatic rings. The van der Waals surface area contributed by atoms with E-state index in [0.29, 0.717) is 22.5 Å². The maximum Gasteiger partial charge on any atom is 0.271 e. The van der Waals surface area contributed by atoms with Crippen molar-refractivity contribution < 1.29 is 14.7 Å². The van der Waals surface area contributed by atoms with Crippen LogP contribution in [0.3, 0.4) is 0 Å².